The Balaban J connectivity index is 2.13. The van der Waals surface area contributed by atoms with Gasteiger partial charge in [-0.15, -0.1) is 0 Å². The van der Waals surface area contributed by atoms with Crippen LogP contribution in [0, 0.1) is 0 Å². The van der Waals surface area contributed by atoms with Gasteiger partial charge in [0.05, 0.1) is 11.0 Å². The van der Waals surface area contributed by atoms with Crippen LogP contribution in [0.3, 0.4) is 0 Å². The van der Waals surface area contributed by atoms with E-state index >= 15 is 0 Å². The van der Waals surface area contributed by atoms with Gasteiger partial charge in [-0.3, -0.25) is 4.57 Å². The Morgan fingerprint density at radius 1 is 1.17 bits per heavy atom. The molecule has 3 rings (SSSR count). The van der Waals surface area contributed by atoms with Gasteiger partial charge in [0.15, 0.2) is 0 Å². The molecular formula is C17H22N2O3S. The van der Waals surface area contributed by atoms with Gasteiger partial charge in [-0.2, -0.15) is 16.3 Å². The molecule has 1 fully saturated rings. The molecule has 1 aromatic carbocycles. The fourth-order valence-corrected chi connectivity index (χ4v) is 4.03. The average molecular weight is 334 g/mol. The second-order valence-electron chi connectivity index (χ2n) is 6.80. The Hall–Kier alpha value is -1.69. The molecule has 0 amide bonds. The highest BCUT2D eigenvalue weighted by Gasteiger charge is 2.27. The molecule has 2 aromatic rings. The van der Waals surface area contributed by atoms with Crippen LogP contribution in [0.5, 0.6) is 0 Å². The summed E-state index contributed by atoms with van der Waals surface area (Å²) in [6, 6.07) is 7.59. The van der Waals surface area contributed by atoms with E-state index in [4.69, 9.17) is 4.74 Å². The molecule has 1 aromatic heterocycles. The van der Waals surface area contributed by atoms with Crippen LogP contribution in [-0.2, 0) is 4.74 Å². The molecule has 2 heterocycles. The van der Waals surface area contributed by atoms with E-state index in [2.05, 4.69) is 0 Å². The number of hydrogen-bond acceptors (Lipinski definition) is 4. The van der Waals surface area contributed by atoms with E-state index in [1.807, 2.05) is 30.0 Å². The smallest absolute Gasteiger partial charge is 0.423 e. The first kappa shape index (κ1) is 16.2. The first-order chi connectivity index (χ1) is 10.9. The summed E-state index contributed by atoms with van der Waals surface area (Å²) in [6.45, 7) is 5.40. The van der Waals surface area contributed by atoms with E-state index in [-0.39, 0.29) is 11.7 Å². The quantitative estimate of drug-likeness (QED) is 0.799. The lowest BCUT2D eigenvalue weighted by molar-refractivity contribution is 0.0536. The summed E-state index contributed by atoms with van der Waals surface area (Å²) in [5, 5.41) is 0. The summed E-state index contributed by atoms with van der Waals surface area (Å²) in [7, 11) is 0. The minimum Gasteiger partial charge on any atom is -0.443 e. The van der Waals surface area contributed by atoms with Gasteiger partial charge < -0.3 is 4.74 Å². The largest absolute Gasteiger partial charge is 0.443 e. The summed E-state index contributed by atoms with van der Waals surface area (Å²) in [5.74, 6) is 2.09. The van der Waals surface area contributed by atoms with Crippen molar-refractivity contribution in [1.82, 2.24) is 9.13 Å². The molecule has 0 spiro atoms. The van der Waals surface area contributed by atoms with Crippen molar-refractivity contribution in [3.05, 3.63) is 34.7 Å². The molecule has 124 valence electrons. The zero-order valence-electron chi connectivity index (χ0n) is 13.7. The van der Waals surface area contributed by atoms with Crippen LogP contribution >= 0.6 is 11.8 Å². The van der Waals surface area contributed by atoms with Crippen LogP contribution in [0.1, 0.15) is 39.7 Å². The minimum absolute atomic E-state index is 0.150. The number of rotatable bonds is 1. The number of benzene rings is 1. The number of para-hydroxylation sites is 2. The Bertz CT molecular complexity index is 779. The summed E-state index contributed by atoms with van der Waals surface area (Å²) < 4.78 is 8.37. The van der Waals surface area contributed by atoms with Crippen molar-refractivity contribution in [2.45, 2.75) is 45.3 Å². The van der Waals surface area contributed by atoms with Crippen molar-refractivity contribution in [2.24, 2.45) is 0 Å². The third-order valence-electron chi connectivity index (χ3n) is 3.91. The number of imidazole rings is 1. The van der Waals surface area contributed by atoms with Crippen LogP contribution < -0.4 is 5.69 Å². The summed E-state index contributed by atoms with van der Waals surface area (Å²) in [4.78, 5) is 25.4. The minimum atomic E-state index is -0.638. The molecule has 1 aliphatic rings. The number of carbonyl (C=O) groups is 1. The third-order valence-corrected chi connectivity index (χ3v) is 4.96. The first-order valence-corrected chi connectivity index (χ1v) is 9.07. The lowest BCUT2D eigenvalue weighted by atomic mass is 10.1. The maximum Gasteiger partial charge on any atom is 0.423 e. The third kappa shape index (κ3) is 3.17. The Kier molecular flexibility index (Phi) is 4.27. The molecule has 0 N–H and O–H groups in total. The maximum absolute atomic E-state index is 12.9. The molecular weight excluding hydrogens is 312 g/mol. The van der Waals surface area contributed by atoms with Gasteiger partial charge in [0.1, 0.15) is 5.60 Å². The van der Waals surface area contributed by atoms with Gasteiger partial charge >= 0.3 is 11.8 Å². The molecule has 0 aliphatic carbocycles. The Morgan fingerprint density at radius 3 is 2.39 bits per heavy atom. The van der Waals surface area contributed by atoms with Crippen LogP contribution in [0.4, 0.5) is 4.79 Å². The van der Waals surface area contributed by atoms with Crippen molar-refractivity contribution in [3.63, 3.8) is 0 Å². The van der Waals surface area contributed by atoms with Crippen molar-refractivity contribution in [3.8, 4) is 0 Å². The van der Waals surface area contributed by atoms with Gasteiger partial charge in [0.25, 0.3) is 0 Å². The molecule has 0 bridgehead atoms. The predicted molar refractivity (Wildman–Crippen MR) is 93.4 cm³/mol. The van der Waals surface area contributed by atoms with Crippen molar-refractivity contribution in [2.75, 3.05) is 11.5 Å². The number of aromatic nitrogens is 2. The monoisotopic (exact) mass is 334 g/mol. The zero-order chi connectivity index (χ0) is 16.6. The molecule has 23 heavy (non-hydrogen) atoms. The molecule has 5 nitrogen and oxygen atoms in total. The highest BCUT2D eigenvalue weighted by atomic mass is 32.2. The summed E-state index contributed by atoms with van der Waals surface area (Å²) >= 11 is 1.91. The maximum atomic E-state index is 12.9. The van der Waals surface area contributed by atoms with E-state index < -0.39 is 11.7 Å². The second-order valence-corrected chi connectivity index (χ2v) is 8.03. The van der Waals surface area contributed by atoms with Crippen LogP contribution in [-0.4, -0.2) is 32.3 Å². The Labute approximate surface area is 139 Å². The Morgan fingerprint density at radius 2 is 1.78 bits per heavy atom. The fraction of sp³-hybridized carbons (Fsp3) is 0.529. The number of thioether (sulfide) groups is 1. The van der Waals surface area contributed by atoms with Gasteiger partial charge in [-0.1, -0.05) is 12.1 Å². The van der Waals surface area contributed by atoms with Crippen LogP contribution in [0.15, 0.2) is 29.1 Å². The first-order valence-electron chi connectivity index (χ1n) is 7.91. The van der Waals surface area contributed by atoms with E-state index in [0.29, 0.717) is 5.52 Å². The molecule has 6 heteroatoms. The molecule has 0 saturated carbocycles. The predicted octanol–water partition coefficient (Wildman–Crippen LogP) is 3.65. The lowest BCUT2D eigenvalue weighted by Crippen LogP contribution is -2.36. The molecule has 0 atom stereocenters. The van der Waals surface area contributed by atoms with Crippen molar-refractivity contribution in [1.29, 1.82) is 0 Å². The normalized spacial score (nSPS) is 16.7. The fourth-order valence-electron chi connectivity index (χ4n) is 2.95. The number of nitrogens with zero attached hydrogens (tertiary/aromatic N) is 2. The van der Waals surface area contributed by atoms with E-state index in [9.17, 15) is 9.59 Å². The highest BCUT2D eigenvalue weighted by Crippen LogP contribution is 2.29. The number of ether oxygens (including phenoxy) is 1. The van der Waals surface area contributed by atoms with Gasteiger partial charge in [0, 0.05) is 6.04 Å². The molecule has 1 saturated heterocycles. The lowest BCUT2D eigenvalue weighted by Gasteiger charge is -2.22. The number of carbonyl (C=O) groups excluding carboxylic acids is 1. The second kappa shape index (κ2) is 6.07. The number of fused-ring (bicyclic) bond motifs is 1. The van der Waals surface area contributed by atoms with Crippen molar-refractivity contribution >= 4 is 28.9 Å². The van der Waals surface area contributed by atoms with Gasteiger partial charge in [0.2, 0.25) is 0 Å². The molecule has 1 aliphatic heterocycles. The van der Waals surface area contributed by atoms with Gasteiger partial charge in [-0.25, -0.2) is 9.59 Å². The summed E-state index contributed by atoms with van der Waals surface area (Å²) in [6.07, 6.45) is 1.29. The zero-order valence-corrected chi connectivity index (χ0v) is 14.6. The van der Waals surface area contributed by atoms with E-state index in [0.717, 1.165) is 29.9 Å². The highest BCUT2D eigenvalue weighted by molar-refractivity contribution is 7.99. The molecule has 0 unspecified atom stereocenters. The van der Waals surface area contributed by atoms with E-state index in [1.165, 1.54) is 4.57 Å². The van der Waals surface area contributed by atoms with Gasteiger partial charge in [-0.05, 0) is 57.3 Å². The molecule has 0 radical (unpaired) electrons. The SMILES string of the molecule is CC(C)(C)OC(=O)n1c(=O)n(C2CCSCC2)c2ccccc21. The number of hydrogen-bond donors (Lipinski definition) is 0. The standard InChI is InChI=1S/C17H22N2O3S/c1-17(2,3)22-16(21)19-14-7-5-4-6-13(14)18(15(19)20)12-8-10-23-11-9-12/h4-7,12H,8-11H2,1-3H3. The average Bonchev–Trinajstić information content (AvgIpc) is 2.78. The van der Waals surface area contributed by atoms with E-state index in [1.54, 1.807) is 31.4 Å². The van der Waals surface area contributed by atoms with Crippen LogP contribution in [0.25, 0.3) is 11.0 Å². The topological polar surface area (TPSA) is 53.2 Å². The van der Waals surface area contributed by atoms with Crippen molar-refractivity contribution < 1.29 is 9.53 Å². The van der Waals surface area contributed by atoms with Crippen LogP contribution in [0.2, 0.25) is 0 Å². The summed E-state index contributed by atoms with van der Waals surface area (Å²) in [5.41, 5.74) is 0.490.